The Bertz CT molecular complexity index is 1400. The molecule has 0 atom stereocenters. The summed E-state index contributed by atoms with van der Waals surface area (Å²) in [5.74, 6) is 3.98. The molecule has 0 heterocycles. The van der Waals surface area contributed by atoms with Crippen LogP contribution < -0.4 is 18.9 Å². The zero-order valence-corrected chi connectivity index (χ0v) is 30.6. The van der Waals surface area contributed by atoms with Gasteiger partial charge in [-0.25, -0.2) is 0 Å². The van der Waals surface area contributed by atoms with Gasteiger partial charge in [-0.15, -0.1) is 0 Å². The topological polar surface area (TPSA) is 77.4 Å². The van der Waals surface area contributed by atoms with E-state index in [1.54, 1.807) is 26.0 Å². The highest BCUT2D eigenvalue weighted by Crippen LogP contribution is 2.65. The first-order chi connectivity index (χ1) is 22.2. The monoisotopic (exact) mass is 646 g/mol. The van der Waals surface area contributed by atoms with E-state index in [9.17, 15) is 0 Å². The first kappa shape index (κ1) is 36.3. The number of rotatable bonds is 12. The Morgan fingerprint density at radius 3 is 1.04 bits per heavy atom. The van der Waals surface area contributed by atoms with Crippen LogP contribution in [0.2, 0.25) is 0 Å². The molecule has 2 aliphatic carbocycles. The number of ether oxygens (including phenoxy) is 4. The van der Waals surface area contributed by atoms with Gasteiger partial charge >= 0.3 is 0 Å². The zero-order chi connectivity index (χ0) is 34.6. The van der Waals surface area contributed by atoms with Gasteiger partial charge in [0.05, 0.1) is 26.4 Å². The maximum absolute atomic E-state index is 9.11. The molecule has 0 unspecified atom stereocenters. The molecular formula is C41H58O6. The SMILES string of the molecule is CCCOc1cc2c(cc1OCCC)C1(CC2(C)C)CC(C)(C)c2cc(OCCC)c(OCCC)cc21.Cc1cc(O)c(C)cc1O. The van der Waals surface area contributed by atoms with Crippen LogP contribution in [0.25, 0.3) is 0 Å². The Morgan fingerprint density at radius 1 is 0.489 bits per heavy atom. The molecule has 0 saturated heterocycles. The second-order valence-corrected chi connectivity index (χ2v) is 14.7. The average molecular weight is 647 g/mol. The van der Waals surface area contributed by atoms with Gasteiger partial charge in [0.2, 0.25) is 0 Å². The van der Waals surface area contributed by atoms with Gasteiger partial charge in [0, 0.05) is 5.41 Å². The summed E-state index contributed by atoms with van der Waals surface area (Å²) < 4.78 is 25.0. The lowest BCUT2D eigenvalue weighted by molar-refractivity contribution is 0.267. The van der Waals surface area contributed by atoms with E-state index in [2.05, 4.69) is 79.7 Å². The molecule has 3 aromatic rings. The molecule has 2 N–H and O–H groups in total. The number of aryl methyl sites for hydroxylation is 2. The summed E-state index contributed by atoms with van der Waals surface area (Å²) in [7, 11) is 0. The predicted molar refractivity (Wildman–Crippen MR) is 191 cm³/mol. The van der Waals surface area contributed by atoms with Gasteiger partial charge in [-0.2, -0.15) is 0 Å². The smallest absolute Gasteiger partial charge is 0.161 e. The number of phenols is 2. The van der Waals surface area contributed by atoms with E-state index in [1.165, 1.54) is 22.3 Å². The molecule has 5 rings (SSSR count). The van der Waals surface area contributed by atoms with Crippen molar-refractivity contribution < 1.29 is 29.2 Å². The van der Waals surface area contributed by atoms with Crippen LogP contribution in [0.5, 0.6) is 34.5 Å². The summed E-state index contributed by atoms with van der Waals surface area (Å²) in [6.07, 6.45) is 5.99. The summed E-state index contributed by atoms with van der Waals surface area (Å²) >= 11 is 0. The predicted octanol–water partition coefficient (Wildman–Crippen LogP) is 10.2. The third-order valence-corrected chi connectivity index (χ3v) is 9.51. The number of hydrogen-bond acceptors (Lipinski definition) is 6. The minimum atomic E-state index is -0.0983. The molecule has 0 bridgehead atoms. The fraction of sp³-hybridized carbons (Fsp3) is 0.561. The van der Waals surface area contributed by atoms with Gasteiger partial charge in [-0.1, -0.05) is 55.4 Å². The van der Waals surface area contributed by atoms with Crippen LogP contribution in [0.3, 0.4) is 0 Å². The number of fused-ring (bicyclic) bond motifs is 4. The van der Waals surface area contributed by atoms with Crippen molar-refractivity contribution in [3.63, 3.8) is 0 Å². The van der Waals surface area contributed by atoms with Gasteiger partial charge in [0.25, 0.3) is 0 Å². The van der Waals surface area contributed by atoms with E-state index in [0.29, 0.717) is 37.6 Å². The third kappa shape index (κ3) is 7.47. The number of benzene rings is 3. The molecule has 47 heavy (non-hydrogen) atoms. The van der Waals surface area contributed by atoms with Gasteiger partial charge in [-0.05, 0) is 133 Å². The highest BCUT2D eigenvalue weighted by atomic mass is 16.5. The Labute approximate surface area is 283 Å². The highest BCUT2D eigenvalue weighted by molar-refractivity contribution is 5.66. The highest BCUT2D eigenvalue weighted by Gasteiger charge is 2.57. The Balaban J connectivity index is 0.000000427. The van der Waals surface area contributed by atoms with Crippen molar-refractivity contribution in [2.24, 2.45) is 0 Å². The standard InChI is InChI=1S/C33H48O4.C8H10O2/c1-9-13-34-27-17-23-25(19-29(27)36-15-11-3)33(21-31(23,5)6)22-32(7,8)24-18-28(35-14-10-2)30(20-26(24)33)37-16-12-4;1-5-3-8(10)6(2)4-7(5)9/h17-20H,9-16,21-22H2,1-8H3;3-4,9-10H,1-2H3. The number of phenolic OH excluding ortho intramolecular Hbond substituents is 2. The molecule has 6 nitrogen and oxygen atoms in total. The van der Waals surface area contributed by atoms with Crippen molar-refractivity contribution in [1.82, 2.24) is 0 Å². The van der Waals surface area contributed by atoms with Crippen LogP contribution in [-0.2, 0) is 16.2 Å². The number of aromatic hydroxyl groups is 2. The summed E-state index contributed by atoms with van der Waals surface area (Å²) in [6, 6.07) is 12.3. The lowest BCUT2D eigenvalue weighted by Gasteiger charge is -2.31. The number of hydrogen-bond donors (Lipinski definition) is 2. The van der Waals surface area contributed by atoms with E-state index in [0.717, 1.165) is 61.5 Å². The summed E-state index contributed by atoms with van der Waals surface area (Å²) in [6.45, 7) is 24.4. The first-order valence-electron chi connectivity index (χ1n) is 17.6. The molecule has 1 spiro atoms. The van der Waals surface area contributed by atoms with Crippen molar-refractivity contribution >= 4 is 0 Å². The van der Waals surface area contributed by atoms with Crippen molar-refractivity contribution in [3.8, 4) is 34.5 Å². The fourth-order valence-corrected chi connectivity index (χ4v) is 7.40. The van der Waals surface area contributed by atoms with Crippen LogP contribution in [-0.4, -0.2) is 36.6 Å². The maximum atomic E-state index is 9.11. The van der Waals surface area contributed by atoms with Crippen molar-refractivity contribution in [1.29, 1.82) is 0 Å². The van der Waals surface area contributed by atoms with Crippen LogP contribution in [0.15, 0.2) is 36.4 Å². The summed E-state index contributed by atoms with van der Waals surface area (Å²) in [4.78, 5) is 0. The molecule has 258 valence electrons. The Morgan fingerprint density at radius 2 is 0.766 bits per heavy atom. The average Bonchev–Trinajstić information content (AvgIpc) is 3.37. The van der Waals surface area contributed by atoms with Crippen LogP contribution >= 0.6 is 0 Å². The molecule has 6 heteroatoms. The van der Waals surface area contributed by atoms with Crippen molar-refractivity contribution in [2.75, 3.05) is 26.4 Å². The van der Waals surface area contributed by atoms with Crippen molar-refractivity contribution in [2.45, 2.75) is 124 Å². The minimum absolute atomic E-state index is 0.0163. The minimum Gasteiger partial charge on any atom is -0.508 e. The molecule has 0 aliphatic heterocycles. The molecule has 0 fully saturated rings. The quantitative estimate of drug-likeness (QED) is 0.191. The molecule has 0 saturated carbocycles. The van der Waals surface area contributed by atoms with E-state index < -0.39 is 0 Å². The van der Waals surface area contributed by atoms with E-state index in [1.807, 2.05) is 0 Å². The second-order valence-electron chi connectivity index (χ2n) is 14.7. The lowest BCUT2D eigenvalue weighted by atomic mass is 9.72. The van der Waals surface area contributed by atoms with E-state index in [4.69, 9.17) is 29.2 Å². The molecule has 0 radical (unpaired) electrons. The molecular weight excluding hydrogens is 588 g/mol. The Hall–Kier alpha value is -3.54. The molecule has 0 amide bonds. The fourth-order valence-electron chi connectivity index (χ4n) is 7.40. The van der Waals surface area contributed by atoms with Gasteiger partial charge in [-0.3, -0.25) is 0 Å². The Kier molecular flexibility index (Phi) is 11.4. The van der Waals surface area contributed by atoms with Gasteiger partial charge < -0.3 is 29.2 Å². The van der Waals surface area contributed by atoms with E-state index >= 15 is 0 Å². The van der Waals surface area contributed by atoms with Crippen LogP contribution in [0.1, 0.15) is 127 Å². The molecule has 2 aliphatic rings. The first-order valence-corrected chi connectivity index (χ1v) is 17.6. The van der Waals surface area contributed by atoms with E-state index in [-0.39, 0.29) is 27.7 Å². The third-order valence-electron chi connectivity index (χ3n) is 9.51. The largest absolute Gasteiger partial charge is 0.508 e. The van der Waals surface area contributed by atoms with Gasteiger partial charge in [0.1, 0.15) is 11.5 Å². The normalized spacial score (nSPS) is 16.2. The van der Waals surface area contributed by atoms with Crippen LogP contribution in [0.4, 0.5) is 0 Å². The van der Waals surface area contributed by atoms with Crippen molar-refractivity contribution in [3.05, 3.63) is 69.8 Å². The van der Waals surface area contributed by atoms with Gasteiger partial charge in [0.15, 0.2) is 23.0 Å². The van der Waals surface area contributed by atoms with Crippen LogP contribution in [0, 0.1) is 13.8 Å². The molecule has 3 aromatic carbocycles. The zero-order valence-electron chi connectivity index (χ0n) is 30.6. The summed E-state index contributed by atoms with van der Waals surface area (Å²) in [5, 5.41) is 18.2. The second kappa shape index (κ2) is 14.7. The summed E-state index contributed by atoms with van der Waals surface area (Å²) in [5.41, 5.74) is 6.88. The maximum Gasteiger partial charge on any atom is 0.161 e. The molecule has 0 aromatic heterocycles. The lowest BCUT2D eigenvalue weighted by Crippen LogP contribution is -2.27.